The number of benzene rings is 3. The largest absolute Gasteiger partial charge is 0.493 e. The first-order valence-electron chi connectivity index (χ1n) is 7.98. The van der Waals surface area contributed by atoms with Gasteiger partial charge in [-0.1, -0.05) is 48.0 Å². The zero-order valence-electron chi connectivity index (χ0n) is 13.7. The fourth-order valence-electron chi connectivity index (χ4n) is 2.49. The molecule has 0 atom stereocenters. The lowest BCUT2D eigenvalue weighted by atomic mass is 10.0. The van der Waals surface area contributed by atoms with E-state index in [2.05, 4.69) is 0 Å². The quantitative estimate of drug-likeness (QED) is 0.441. The predicted octanol–water partition coefficient (Wildman–Crippen LogP) is 5.62. The molecule has 0 heterocycles. The number of esters is 1. The minimum atomic E-state index is -0.432. The molecule has 3 aromatic carbocycles. The van der Waals surface area contributed by atoms with Crippen molar-refractivity contribution < 1.29 is 14.3 Å². The average molecular weight is 353 g/mol. The van der Waals surface area contributed by atoms with Crippen molar-refractivity contribution >= 4 is 17.6 Å². The second-order valence-electron chi connectivity index (χ2n) is 5.32. The Morgan fingerprint density at radius 3 is 2.04 bits per heavy atom. The molecule has 0 bridgehead atoms. The van der Waals surface area contributed by atoms with Crippen LogP contribution in [0.1, 0.15) is 17.3 Å². The van der Waals surface area contributed by atoms with Crippen LogP contribution in [0.5, 0.6) is 11.5 Å². The van der Waals surface area contributed by atoms with Gasteiger partial charge in [-0.05, 0) is 43.3 Å². The molecule has 0 aliphatic heterocycles. The molecule has 0 fully saturated rings. The molecule has 0 N–H and O–H groups in total. The first-order valence-corrected chi connectivity index (χ1v) is 8.36. The molecule has 3 rings (SSSR count). The van der Waals surface area contributed by atoms with Crippen LogP contribution in [0.2, 0.25) is 5.02 Å². The number of hydrogen-bond donors (Lipinski definition) is 0. The summed E-state index contributed by atoms with van der Waals surface area (Å²) >= 11 is 5.86. The summed E-state index contributed by atoms with van der Waals surface area (Å²) in [6, 6.07) is 21.7. The second-order valence-corrected chi connectivity index (χ2v) is 5.76. The summed E-state index contributed by atoms with van der Waals surface area (Å²) in [6.45, 7) is 2.49. The van der Waals surface area contributed by atoms with E-state index in [1.54, 1.807) is 30.3 Å². The Morgan fingerprint density at radius 1 is 0.840 bits per heavy atom. The normalized spacial score (nSPS) is 10.3. The van der Waals surface area contributed by atoms with Crippen molar-refractivity contribution in [3.05, 3.63) is 83.4 Å². The first kappa shape index (κ1) is 17.1. The van der Waals surface area contributed by atoms with E-state index < -0.39 is 5.97 Å². The monoisotopic (exact) mass is 352 g/mol. The summed E-state index contributed by atoms with van der Waals surface area (Å²) in [5.41, 5.74) is 2.12. The highest BCUT2D eigenvalue weighted by molar-refractivity contribution is 6.30. The summed E-state index contributed by atoms with van der Waals surface area (Å²) in [7, 11) is 0. The van der Waals surface area contributed by atoms with Gasteiger partial charge in [-0.25, -0.2) is 4.79 Å². The third-order valence-corrected chi connectivity index (χ3v) is 3.90. The molecule has 0 aliphatic rings. The molecular weight excluding hydrogens is 336 g/mol. The molecule has 0 saturated carbocycles. The number of ether oxygens (including phenoxy) is 2. The van der Waals surface area contributed by atoms with Crippen molar-refractivity contribution in [2.75, 3.05) is 6.61 Å². The van der Waals surface area contributed by atoms with E-state index in [0.717, 1.165) is 16.9 Å². The summed E-state index contributed by atoms with van der Waals surface area (Å²) in [4.78, 5) is 12.4. The molecule has 25 heavy (non-hydrogen) atoms. The predicted molar refractivity (Wildman–Crippen MR) is 99.5 cm³/mol. The Hall–Kier alpha value is -2.78. The van der Waals surface area contributed by atoms with Crippen LogP contribution in [-0.4, -0.2) is 12.6 Å². The highest BCUT2D eigenvalue weighted by Gasteiger charge is 2.15. The molecule has 3 nitrogen and oxygen atoms in total. The van der Waals surface area contributed by atoms with Crippen LogP contribution in [0.3, 0.4) is 0 Å². The van der Waals surface area contributed by atoms with Gasteiger partial charge >= 0.3 is 5.97 Å². The lowest BCUT2D eigenvalue weighted by Crippen LogP contribution is -2.09. The number of hydrogen-bond acceptors (Lipinski definition) is 3. The maximum Gasteiger partial charge on any atom is 0.343 e. The van der Waals surface area contributed by atoms with Crippen molar-refractivity contribution in [2.24, 2.45) is 0 Å². The molecule has 0 unspecified atom stereocenters. The summed E-state index contributed by atoms with van der Waals surface area (Å²) < 4.78 is 11.3. The molecule has 3 aromatic rings. The Morgan fingerprint density at radius 2 is 1.40 bits per heavy atom. The summed E-state index contributed by atoms with van der Waals surface area (Å²) in [6.07, 6.45) is 0. The fourth-order valence-corrected chi connectivity index (χ4v) is 2.62. The Bertz CT molecular complexity index is 872. The number of para-hydroxylation sites is 2. The van der Waals surface area contributed by atoms with Crippen LogP contribution in [0.15, 0.2) is 72.8 Å². The van der Waals surface area contributed by atoms with Gasteiger partial charge < -0.3 is 9.47 Å². The molecule has 126 valence electrons. The van der Waals surface area contributed by atoms with Crippen LogP contribution in [0.4, 0.5) is 0 Å². The molecule has 0 aliphatic carbocycles. The Kier molecular flexibility index (Phi) is 5.36. The topological polar surface area (TPSA) is 35.5 Å². The van der Waals surface area contributed by atoms with Gasteiger partial charge in [0.15, 0.2) is 0 Å². The third-order valence-electron chi connectivity index (χ3n) is 3.65. The van der Waals surface area contributed by atoms with E-state index in [-0.39, 0.29) is 0 Å². The third kappa shape index (κ3) is 4.01. The van der Waals surface area contributed by atoms with Gasteiger partial charge in [0, 0.05) is 16.1 Å². The van der Waals surface area contributed by atoms with Gasteiger partial charge in [0.05, 0.1) is 12.2 Å². The summed E-state index contributed by atoms with van der Waals surface area (Å²) in [5.74, 6) is 0.799. The molecule has 0 spiro atoms. The van der Waals surface area contributed by atoms with Crippen molar-refractivity contribution in [1.82, 2.24) is 0 Å². The van der Waals surface area contributed by atoms with Crippen LogP contribution >= 0.6 is 11.6 Å². The lowest BCUT2D eigenvalue weighted by Gasteiger charge is -2.14. The lowest BCUT2D eigenvalue weighted by molar-refractivity contribution is 0.0735. The van der Waals surface area contributed by atoms with Gasteiger partial charge in [-0.2, -0.15) is 0 Å². The zero-order chi connectivity index (χ0) is 17.6. The second kappa shape index (κ2) is 7.86. The minimum Gasteiger partial charge on any atom is -0.493 e. The van der Waals surface area contributed by atoms with Gasteiger partial charge in [-0.3, -0.25) is 0 Å². The maximum absolute atomic E-state index is 12.4. The highest BCUT2D eigenvalue weighted by Crippen LogP contribution is 2.36. The van der Waals surface area contributed by atoms with Gasteiger partial charge in [-0.15, -0.1) is 0 Å². The standard InChI is InChI=1S/C21H17ClO3/c1-2-24-19-9-5-3-7-17(19)18-8-4-6-10-20(18)25-21(23)15-11-13-16(22)14-12-15/h3-14H,2H2,1H3. The van der Waals surface area contributed by atoms with E-state index in [4.69, 9.17) is 21.1 Å². The van der Waals surface area contributed by atoms with Crippen molar-refractivity contribution in [2.45, 2.75) is 6.92 Å². The van der Waals surface area contributed by atoms with Crippen LogP contribution in [0.25, 0.3) is 11.1 Å². The smallest absolute Gasteiger partial charge is 0.343 e. The van der Waals surface area contributed by atoms with E-state index in [1.807, 2.05) is 49.4 Å². The number of carbonyl (C=O) groups is 1. The Labute approximate surface area is 151 Å². The van der Waals surface area contributed by atoms with Crippen LogP contribution < -0.4 is 9.47 Å². The van der Waals surface area contributed by atoms with Crippen molar-refractivity contribution in [1.29, 1.82) is 0 Å². The fraction of sp³-hybridized carbons (Fsp3) is 0.0952. The highest BCUT2D eigenvalue weighted by atomic mass is 35.5. The van der Waals surface area contributed by atoms with Crippen LogP contribution in [-0.2, 0) is 0 Å². The van der Waals surface area contributed by atoms with Gasteiger partial charge in [0.1, 0.15) is 11.5 Å². The summed E-state index contributed by atoms with van der Waals surface area (Å²) in [5, 5.41) is 0.572. The number of halogens is 1. The minimum absolute atomic E-state index is 0.432. The number of rotatable bonds is 5. The Balaban J connectivity index is 1.94. The van der Waals surface area contributed by atoms with Crippen molar-refractivity contribution in [3.63, 3.8) is 0 Å². The zero-order valence-corrected chi connectivity index (χ0v) is 14.5. The molecule has 0 amide bonds. The van der Waals surface area contributed by atoms with E-state index in [0.29, 0.717) is 22.9 Å². The molecule has 0 saturated heterocycles. The molecule has 0 aromatic heterocycles. The molecule has 0 radical (unpaired) electrons. The van der Waals surface area contributed by atoms with Crippen LogP contribution in [0, 0.1) is 0 Å². The molecular formula is C21H17ClO3. The van der Waals surface area contributed by atoms with Gasteiger partial charge in [0.25, 0.3) is 0 Å². The first-order chi connectivity index (χ1) is 12.2. The molecule has 4 heteroatoms. The number of carbonyl (C=O) groups excluding carboxylic acids is 1. The van der Waals surface area contributed by atoms with E-state index >= 15 is 0 Å². The maximum atomic E-state index is 12.4. The average Bonchev–Trinajstić information content (AvgIpc) is 2.63. The van der Waals surface area contributed by atoms with E-state index in [1.165, 1.54) is 0 Å². The van der Waals surface area contributed by atoms with Crippen molar-refractivity contribution in [3.8, 4) is 22.6 Å². The van der Waals surface area contributed by atoms with Gasteiger partial charge in [0.2, 0.25) is 0 Å². The van der Waals surface area contributed by atoms with E-state index in [9.17, 15) is 4.79 Å². The SMILES string of the molecule is CCOc1ccccc1-c1ccccc1OC(=O)c1ccc(Cl)cc1.